The van der Waals surface area contributed by atoms with Gasteiger partial charge in [0.2, 0.25) is 0 Å². The maximum Gasteiger partial charge on any atom is 0.333 e. The molecule has 6 nitrogen and oxygen atoms in total. The minimum atomic E-state index is -0.501. The van der Waals surface area contributed by atoms with Gasteiger partial charge in [-0.15, -0.1) is 0 Å². The van der Waals surface area contributed by atoms with Gasteiger partial charge in [0, 0.05) is 35.0 Å². The van der Waals surface area contributed by atoms with Crippen LogP contribution in [0.1, 0.15) is 33.2 Å². The lowest BCUT2D eigenvalue weighted by Crippen LogP contribution is -2.27. The third-order valence-electron chi connectivity index (χ3n) is 5.18. The molecule has 0 aromatic heterocycles. The van der Waals surface area contributed by atoms with Gasteiger partial charge in [0.15, 0.2) is 11.6 Å². The quantitative estimate of drug-likeness (QED) is 0.319. The highest BCUT2D eigenvalue weighted by molar-refractivity contribution is 6.40. The van der Waals surface area contributed by atoms with Crippen molar-refractivity contribution in [3.05, 3.63) is 94.4 Å². The molecule has 2 aromatic rings. The zero-order valence-corrected chi connectivity index (χ0v) is 17.3. The molecule has 4 rings (SSSR count). The van der Waals surface area contributed by atoms with E-state index in [1.165, 1.54) is 0 Å². The maximum atomic E-state index is 13.1. The molecule has 0 atom stereocenters. The SMILES string of the molecule is C=C(C)C(=O)OCCOC1=Cc2ccccc2N(C)C1=C1C(=O)c2ccccc2C1=O. The Bertz CT molecular complexity index is 1150. The monoisotopic (exact) mass is 415 g/mol. The Morgan fingerprint density at radius 3 is 2.23 bits per heavy atom. The fourth-order valence-corrected chi connectivity index (χ4v) is 3.69. The summed E-state index contributed by atoms with van der Waals surface area (Å²) in [5, 5.41) is 0. The molecule has 0 amide bonds. The zero-order chi connectivity index (χ0) is 22.1. The summed E-state index contributed by atoms with van der Waals surface area (Å²) in [6.45, 7) is 5.18. The average molecular weight is 415 g/mol. The molecule has 0 saturated carbocycles. The van der Waals surface area contributed by atoms with E-state index in [4.69, 9.17) is 9.47 Å². The Morgan fingerprint density at radius 2 is 1.58 bits per heavy atom. The summed E-state index contributed by atoms with van der Waals surface area (Å²) in [7, 11) is 1.79. The first-order valence-corrected chi connectivity index (χ1v) is 9.83. The van der Waals surface area contributed by atoms with E-state index in [0.717, 1.165) is 11.3 Å². The number of rotatable bonds is 5. The molecule has 0 radical (unpaired) electrons. The highest BCUT2D eigenvalue weighted by Crippen LogP contribution is 2.39. The van der Waals surface area contributed by atoms with E-state index < -0.39 is 5.97 Å². The second-order valence-electron chi connectivity index (χ2n) is 7.32. The van der Waals surface area contributed by atoms with Gasteiger partial charge < -0.3 is 14.4 Å². The van der Waals surface area contributed by atoms with E-state index in [-0.39, 0.29) is 30.4 Å². The number of likely N-dealkylation sites (N-methyl/N-ethyl adjacent to an activating group) is 1. The number of hydrogen-bond donors (Lipinski definition) is 0. The Morgan fingerprint density at radius 1 is 0.968 bits per heavy atom. The molecule has 156 valence electrons. The largest absolute Gasteiger partial charge is 0.488 e. The molecule has 0 fully saturated rings. The summed E-state index contributed by atoms with van der Waals surface area (Å²) in [4.78, 5) is 39.7. The Balaban J connectivity index is 1.72. The predicted molar refractivity (Wildman–Crippen MR) is 117 cm³/mol. The lowest BCUT2D eigenvalue weighted by Gasteiger charge is -2.31. The van der Waals surface area contributed by atoms with Gasteiger partial charge in [0.25, 0.3) is 0 Å². The van der Waals surface area contributed by atoms with Crippen molar-refractivity contribution in [3.8, 4) is 0 Å². The molecule has 6 heteroatoms. The average Bonchev–Trinajstić information content (AvgIpc) is 3.02. The number of carbonyl (C=O) groups is 3. The maximum absolute atomic E-state index is 13.1. The van der Waals surface area contributed by atoms with Crippen molar-refractivity contribution < 1.29 is 23.9 Å². The van der Waals surface area contributed by atoms with Crippen molar-refractivity contribution in [2.75, 3.05) is 25.2 Å². The number of benzene rings is 2. The minimum Gasteiger partial charge on any atom is -0.488 e. The van der Waals surface area contributed by atoms with Gasteiger partial charge in [0.05, 0.1) is 11.3 Å². The third kappa shape index (κ3) is 3.57. The number of anilines is 1. The van der Waals surface area contributed by atoms with Crippen molar-refractivity contribution in [3.63, 3.8) is 0 Å². The van der Waals surface area contributed by atoms with Crippen molar-refractivity contribution in [2.45, 2.75) is 6.92 Å². The van der Waals surface area contributed by atoms with Crippen LogP contribution in [-0.4, -0.2) is 37.8 Å². The summed E-state index contributed by atoms with van der Waals surface area (Å²) in [5.74, 6) is -0.786. The van der Waals surface area contributed by atoms with Crippen LogP contribution >= 0.6 is 0 Å². The van der Waals surface area contributed by atoms with Gasteiger partial charge in [-0.1, -0.05) is 49.0 Å². The second-order valence-corrected chi connectivity index (χ2v) is 7.32. The number of ether oxygens (including phenoxy) is 2. The summed E-state index contributed by atoms with van der Waals surface area (Å²) in [6.07, 6.45) is 1.79. The molecular formula is C25H21NO5. The summed E-state index contributed by atoms with van der Waals surface area (Å²) >= 11 is 0. The molecule has 1 aliphatic carbocycles. The van der Waals surface area contributed by atoms with Crippen LogP contribution in [-0.2, 0) is 14.3 Å². The zero-order valence-electron chi connectivity index (χ0n) is 17.3. The topological polar surface area (TPSA) is 72.9 Å². The Hall–Kier alpha value is -3.93. The number of carbonyl (C=O) groups excluding carboxylic acids is 3. The molecule has 2 aliphatic rings. The molecule has 1 heterocycles. The van der Waals surface area contributed by atoms with E-state index in [2.05, 4.69) is 6.58 Å². The fraction of sp³-hybridized carbons (Fsp3) is 0.160. The van der Waals surface area contributed by atoms with Crippen molar-refractivity contribution in [2.24, 2.45) is 0 Å². The first kappa shape index (κ1) is 20.3. The highest BCUT2D eigenvalue weighted by atomic mass is 16.6. The number of fused-ring (bicyclic) bond motifs is 2. The van der Waals surface area contributed by atoms with Gasteiger partial charge in [-0.2, -0.15) is 0 Å². The summed E-state index contributed by atoms with van der Waals surface area (Å²) < 4.78 is 11.0. The number of allylic oxidation sites excluding steroid dienone is 1. The van der Waals surface area contributed by atoms with Crippen LogP contribution in [0.25, 0.3) is 6.08 Å². The first-order chi connectivity index (χ1) is 14.9. The molecule has 0 saturated heterocycles. The van der Waals surface area contributed by atoms with E-state index in [1.807, 2.05) is 24.3 Å². The fourth-order valence-electron chi connectivity index (χ4n) is 3.69. The lowest BCUT2D eigenvalue weighted by atomic mass is 9.99. The Labute approximate surface area is 180 Å². The van der Waals surface area contributed by atoms with Crippen LogP contribution < -0.4 is 4.90 Å². The van der Waals surface area contributed by atoms with Gasteiger partial charge in [0.1, 0.15) is 19.0 Å². The molecule has 0 spiro atoms. The molecule has 0 N–H and O–H groups in total. The summed E-state index contributed by atoms with van der Waals surface area (Å²) in [6, 6.07) is 14.4. The van der Waals surface area contributed by atoms with Crippen LogP contribution in [0.5, 0.6) is 0 Å². The predicted octanol–water partition coefficient (Wildman–Crippen LogP) is 3.95. The Kier molecular flexibility index (Phi) is 5.29. The van der Waals surface area contributed by atoms with Crippen LogP contribution in [0.3, 0.4) is 0 Å². The van der Waals surface area contributed by atoms with Crippen LogP contribution in [0.4, 0.5) is 5.69 Å². The van der Waals surface area contributed by atoms with E-state index in [0.29, 0.717) is 28.2 Å². The third-order valence-corrected chi connectivity index (χ3v) is 5.18. The molecule has 31 heavy (non-hydrogen) atoms. The second kappa shape index (κ2) is 8.07. The minimum absolute atomic E-state index is 0.0130. The van der Waals surface area contributed by atoms with E-state index in [1.54, 1.807) is 49.2 Å². The number of ketones is 2. The van der Waals surface area contributed by atoms with Crippen LogP contribution in [0.15, 0.2) is 77.7 Å². The molecule has 0 bridgehead atoms. The smallest absolute Gasteiger partial charge is 0.333 e. The molecule has 1 aliphatic heterocycles. The molecular weight excluding hydrogens is 394 g/mol. The number of para-hydroxylation sites is 1. The van der Waals surface area contributed by atoms with Crippen molar-refractivity contribution in [1.29, 1.82) is 0 Å². The van der Waals surface area contributed by atoms with Gasteiger partial charge in [-0.3, -0.25) is 9.59 Å². The number of nitrogens with zero attached hydrogens (tertiary/aromatic N) is 1. The first-order valence-electron chi connectivity index (χ1n) is 9.83. The van der Waals surface area contributed by atoms with E-state index >= 15 is 0 Å². The van der Waals surface area contributed by atoms with Crippen LogP contribution in [0, 0.1) is 0 Å². The van der Waals surface area contributed by atoms with Crippen molar-refractivity contribution in [1.82, 2.24) is 0 Å². The van der Waals surface area contributed by atoms with Gasteiger partial charge >= 0.3 is 5.97 Å². The van der Waals surface area contributed by atoms with Crippen LogP contribution in [0.2, 0.25) is 0 Å². The van der Waals surface area contributed by atoms with Gasteiger partial charge in [-0.25, -0.2) is 4.79 Å². The molecule has 2 aromatic carbocycles. The standard InChI is InChI=1S/C25H21NO5/c1-15(2)25(29)31-13-12-30-20-14-16-8-4-7-11-19(16)26(3)22(20)21-23(27)17-9-5-6-10-18(17)24(21)28/h4-11,14H,1,12-13H2,2-3H3. The number of esters is 1. The highest BCUT2D eigenvalue weighted by Gasteiger charge is 2.39. The number of Topliss-reactive ketones (excluding diaryl/α,β-unsaturated/α-hetero) is 2. The normalized spacial score (nSPS) is 14.8. The summed E-state index contributed by atoms with van der Waals surface area (Å²) in [5.41, 5.74) is 3.28. The lowest BCUT2D eigenvalue weighted by molar-refractivity contribution is -0.140. The van der Waals surface area contributed by atoms with E-state index in [9.17, 15) is 14.4 Å². The van der Waals surface area contributed by atoms with Crippen molar-refractivity contribution >= 4 is 29.3 Å². The van der Waals surface area contributed by atoms with Gasteiger partial charge in [-0.05, 0) is 19.1 Å². The number of hydrogen-bond acceptors (Lipinski definition) is 6. The molecule has 0 unspecified atom stereocenters.